The van der Waals surface area contributed by atoms with Crippen LogP contribution in [0.25, 0.3) is 5.69 Å². The first-order valence-electron chi connectivity index (χ1n) is 11.5. The van der Waals surface area contributed by atoms with Crippen LogP contribution in [0.1, 0.15) is 29.8 Å². The second-order valence-electron chi connectivity index (χ2n) is 9.20. The Morgan fingerprint density at radius 2 is 1.86 bits per heavy atom. The number of fused-ring (bicyclic) bond motifs is 1. The number of anilines is 1. The molecule has 6 nitrogen and oxygen atoms in total. The predicted octanol–water partition coefficient (Wildman–Crippen LogP) is 5.89. The number of nitrogens with zero attached hydrogens (tertiary/aromatic N) is 2. The first kappa shape index (κ1) is 23.8. The Morgan fingerprint density at radius 3 is 2.61 bits per heavy atom. The van der Waals surface area contributed by atoms with Gasteiger partial charge in [-0.25, -0.2) is 9.37 Å². The van der Waals surface area contributed by atoms with Gasteiger partial charge in [0, 0.05) is 41.9 Å². The molecular weight excluding hydrogens is 477 g/mol. The number of nitrogens with one attached hydrogen (secondary N) is 1. The normalized spacial score (nSPS) is 14.0. The SMILES string of the molecule is CC1(C)CSc2c(Oc3ccc(CC(=O)c4cccn(-c5ccc(F)cc5)c4=O)cc3)ccnc2N1. The van der Waals surface area contributed by atoms with E-state index in [-0.39, 0.29) is 23.3 Å². The molecule has 2 aromatic heterocycles. The fourth-order valence-electron chi connectivity index (χ4n) is 3.94. The van der Waals surface area contributed by atoms with E-state index in [1.54, 1.807) is 30.2 Å². The Bertz CT molecular complexity index is 1480. The summed E-state index contributed by atoms with van der Waals surface area (Å²) in [6.45, 7) is 4.26. The highest BCUT2D eigenvalue weighted by atomic mass is 32.2. The Morgan fingerprint density at radius 1 is 1.11 bits per heavy atom. The molecule has 0 radical (unpaired) electrons. The van der Waals surface area contributed by atoms with Gasteiger partial charge >= 0.3 is 0 Å². The number of aromatic nitrogens is 2. The zero-order chi connectivity index (χ0) is 25.3. The number of ketones is 1. The summed E-state index contributed by atoms with van der Waals surface area (Å²) in [6.07, 6.45) is 3.35. The van der Waals surface area contributed by atoms with Crippen molar-refractivity contribution in [3.05, 3.63) is 106 Å². The van der Waals surface area contributed by atoms with Crippen LogP contribution in [-0.2, 0) is 6.42 Å². The van der Waals surface area contributed by atoms with Gasteiger partial charge < -0.3 is 10.1 Å². The van der Waals surface area contributed by atoms with Gasteiger partial charge in [-0.2, -0.15) is 0 Å². The number of benzene rings is 2. The summed E-state index contributed by atoms with van der Waals surface area (Å²) < 4.78 is 20.7. The number of halogens is 1. The highest BCUT2D eigenvalue weighted by molar-refractivity contribution is 7.99. The Balaban J connectivity index is 1.30. The van der Waals surface area contributed by atoms with E-state index in [2.05, 4.69) is 24.1 Å². The number of Topliss-reactive ketones (excluding diaryl/α,β-unsaturated/α-hetero) is 1. The van der Waals surface area contributed by atoms with E-state index < -0.39 is 11.4 Å². The number of carbonyl (C=O) groups is 1. The van der Waals surface area contributed by atoms with Gasteiger partial charge in [-0.05, 0) is 67.9 Å². The number of ether oxygens (including phenoxy) is 1. The van der Waals surface area contributed by atoms with Crippen LogP contribution in [0.4, 0.5) is 10.2 Å². The first-order chi connectivity index (χ1) is 17.3. The zero-order valence-electron chi connectivity index (χ0n) is 19.8. The lowest BCUT2D eigenvalue weighted by Gasteiger charge is -2.32. The van der Waals surface area contributed by atoms with Crippen molar-refractivity contribution in [1.29, 1.82) is 0 Å². The van der Waals surface area contributed by atoms with E-state index in [1.165, 1.54) is 34.9 Å². The van der Waals surface area contributed by atoms with Crippen molar-refractivity contribution in [1.82, 2.24) is 9.55 Å². The molecular formula is C28H24FN3O3S. The largest absolute Gasteiger partial charge is 0.456 e. The van der Waals surface area contributed by atoms with Crippen molar-refractivity contribution < 1.29 is 13.9 Å². The second kappa shape index (κ2) is 9.62. The lowest BCUT2D eigenvalue weighted by molar-refractivity contribution is 0.0991. The van der Waals surface area contributed by atoms with E-state index in [0.29, 0.717) is 11.4 Å². The van der Waals surface area contributed by atoms with Gasteiger partial charge in [0.2, 0.25) is 0 Å². The Hall–Kier alpha value is -3.91. The Labute approximate surface area is 212 Å². The molecule has 0 unspecified atom stereocenters. The number of carbonyl (C=O) groups excluding carboxylic acids is 1. The highest BCUT2D eigenvalue weighted by Crippen LogP contribution is 2.42. The van der Waals surface area contributed by atoms with Crippen molar-refractivity contribution >= 4 is 23.4 Å². The standard InChI is InChI=1S/C28H24FN3O3S/c1-28(2)17-36-25-24(13-14-30-26(25)31-28)35-21-11-5-18(6-12-21)16-23(33)22-4-3-15-32(27(22)34)20-9-7-19(29)8-10-20/h3-15H,16-17H2,1-2H3,(H,30,31). The van der Waals surface area contributed by atoms with E-state index >= 15 is 0 Å². The van der Waals surface area contributed by atoms with Crippen LogP contribution in [0.3, 0.4) is 0 Å². The van der Waals surface area contributed by atoms with Crippen molar-refractivity contribution in [2.75, 3.05) is 11.1 Å². The van der Waals surface area contributed by atoms with Gasteiger partial charge in [-0.15, -0.1) is 11.8 Å². The molecule has 1 aliphatic heterocycles. The number of rotatable bonds is 6. The summed E-state index contributed by atoms with van der Waals surface area (Å²) in [6, 6.07) is 17.8. The third-order valence-electron chi connectivity index (χ3n) is 5.77. The van der Waals surface area contributed by atoms with Gasteiger partial charge in [0.15, 0.2) is 5.78 Å². The third kappa shape index (κ3) is 5.04. The average molecular weight is 502 g/mol. The zero-order valence-corrected chi connectivity index (χ0v) is 20.6. The van der Waals surface area contributed by atoms with E-state index in [0.717, 1.165) is 27.8 Å². The molecule has 0 aliphatic carbocycles. The van der Waals surface area contributed by atoms with Gasteiger partial charge in [0.05, 0.1) is 10.5 Å². The molecule has 36 heavy (non-hydrogen) atoms. The maximum atomic E-state index is 13.2. The number of pyridine rings is 2. The van der Waals surface area contributed by atoms with Crippen LogP contribution >= 0.6 is 11.8 Å². The van der Waals surface area contributed by atoms with E-state index in [4.69, 9.17) is 4.74 Å². The summed E-state index contributed by atoms with van der Waals surface area (Å²) in [5, 5.41) is 3.44. The molecule has 5 rings (SSSR count). The van der Waals surface area contributed by atoms with Gasteiger partial charge in [-0.3, -0.25) is 14.2 Å². The van der Waals surface area contributed by atoms with Crippen LogP contribution in [0.5, 0.6) is 11.5 Å². The maximum Gasteiger partial charge on any atom is 0.265 e. The van der Waals surface area contributed by atoms with Crippen molar-refractivity contribution in [2.24, 2.45) is 0 Å². The summed E-state index contributed by atoms with van der Waals surface area (Å²) in [7, 11) is 0. The van der Waals surface area contributed by atoms with E-state index in [1.807, 2.05) is 30.3 Å². The van der Waals surface area contributed by atoms with Gasteiger partial charge in [0.25, 0.3) is 5.56 Å². The van der Waals surface area contributed by atoms with Crippen molar-refractivity contribution in [3.63, 3.8) is 0 Å². The van der Waals surface area contributed by atoms with E-state index in [9.17, 15) is 14.0 Å². The number of hydrogen-bond donors (Lipinski definition) is 1. The molecule has 8 heteroatoms. The lowest BCUT2D eigenvalue weighted by atomic mass is 10.0. The molecule has 0 fully saturated rings. The topological polar surface area (TPSA) is 73.2 Å². The molecule has 1 aliphatic rings. The smallest absolute Gasteiger partial charge is 0.265 e. The van der Waals surface area contributed by atoms with Crippen LogP contribution in [0.15, 0.2) is 88.8 Å². The molecule has 0 saturated carbocycles. The molecule has 0 spiro atoms. The minimum atomic E-state index is -0.439. The molecule has 0 atom stereocenters. The summed E-state index contributed by atoms with van der Waals surface area (Å²) in [5.74, 6) is 2.38. The summed E-state index contributed by atoms with van der Waals surface area (Å²) in [4.78, 5) is 31.3. The van der Waals surface area contributed by atoms with Crippen LogP contribution in [0, 0.1) is 5.82 Å². The van der Waals surface area contributed by atoms with Crippen molar-refractivity contribution in [3.8, 4) is 17.2 Å². The van der Waals surface area contributed by atoms with Gasteiger partial charge in [0.1, 0.15) is 23.1 Å². The molecule has 4 aromatic rings. The molecule has 0 amide bonds. The maximum absolute atomic E-state index is 13.2. The van der Waals surface area contributed by atoms with Crippen LogP contribution in [-0.4, -0.2) is 26.6 Å². The average Bonchev–Trinajstić information content (AvgIpc) is 2.85. The molecule has 2 aromatic carbocycles. The highest BCUT2D eigenvalue weighted by Gasteiger charge is 2.28. The summed E-state index contributed by atoms with van der Waals surface area (Å²) >= 11 is 1.71. The minimum absolute atomic E-state index is 0.0432. The predicted molar refractivity (Wildman–Crippen MR) is 139 cm³/mol. The van der Waals surface area contributed by atoms with Crippen LogP contribution < -0.4 is 15.6 Å². The molecule has 3 heterocycles. The molecule has 0 bridgehead atoms. The minimum Gasteiger partial charge on any atom is -0.456 e. The third-order valence-corrected chi connectivity index (χ3v) is 7.32. The lowest BCUT2D eigenvalue weighted by Crippen LogP contribution is -2.36. The quantitative estimate of drug-likeness (QED) is 0.333. The van der Waals surface area contributed by atoms with Crippen molar-refractivity contribution in [2.45, 2.75) is 30.7 Å². The monoisotopic (exact) mass is 501 g/mol. The first-order valence-corrected chi connectivity index (χ1v) is 12.5. The number of thioether (sulfide) groups is 1. The summed E-state index contributed by atoms with van der Waals surface area (Å²) in [5.41, 5.74) is 0.855. The van der Waals surface area contributed by atoms with Gasteiger partial charge in [-0.1, -0.05) is 12.1 Å². The molecule has 182 valence electrons. The molecule has 0 saturated heterocycles. The fourth-order valence-corrected chi connectivity index (χ4v) is 5.01. The molecule has 1 N–H and O–H groups in total. The fraction of sp³-hybridized carbons (Fsp3) is 0.179. The number of hydrogen-bond acceptors (Lipinski definition) is 6. The van der Waals surface area contributed by atoms with Crippen LogP contribution in [0.2, 0.25) is 0 Å². The Kier molecular flexibility index (Phi) is 6.36. The second-order valence-corrected chi connectivity index (χ2v) is 10.2.